The van der Waals surface area contributed by atoms with Crippen molar-refractivity contribution in [3.05, 3.63) is 0 Å². The van der Waals surface area contributed by atoms with E-state index < -0.39 is 6.04 Å². The number of carbonyl (C=O) groups is 1. The maximum absolute atomic E-state index is 11.3. The van der Waals surface area contributed by atoms with Crippen molar-refractivity contribution in [2.24, 2.45) is 11.1 Å². The summed E-state index contributed by atoms with van der Waals surface area (Å²) < 4.78 is 9.62. The zero-order chi connectivity index (χ0) is 10.5. The topological polar surface area (TPSA) is 61.5 Å². The van der Waals surface area contributed by atoms with Gasteiger partial charge in [0.1, 0.15) is 12.6 Å². The highest BCUT2D eigenvalue weighted by atomic mass is 16.6. The quantitative estimate of drug-likeness (QED) is 0.518. The molecule has 0 aromatic rings. The Morgan fingerprint density at radius 1 is 1.38 bits per heavy atom. The molecule has 0 rings (SSSR count). The van der Waals surface area contributed by atoms with E-state index in [-0.39, 0.29) is 18.0 Å². The summed E-state index contributed by atoms with van der Waals surface area (Å²) in [5.74, 6) is -0.371. The van der Waals surface area contributed by atoms with Crippen LogP contribution in [0.25, 0.3) is 0 Å². The van der Waals surface area contributed by atoms with Gasteiger partial charge in [0.05, 0.1) is 6.61 Å². The van der Waals surface area contributed by atoms with Crippen LogP contribution in [-0.2, 0) is 14.3 Å². The lowest BCUT2D eigenvalue weighted by atomic mass is 9.87. The lowest BCUT2D eigenvalue weighted by Crippen LogP contribution is -2.43. The Morgan fingerprint density at radius 3 is 2.31 bits per heavy atom. The normalized spacial score (nSPS) is 13.9. The first-order valence-corrected chi connectivity index (χ1v) is 4.30. The molecule has 1 unspecified atom stereocenters. The maximum atomic E-state index is 11.3. The maximum Gasteiger partial charge on any atom is 0.323 e. The fourth-order valence-electron chi connectivity index (χ4n) is 0.669. The van der Waals surface area contributed by atoms with E-state index in [4.69, 9.17) is 15.2 Å². The number of hydrogen-bond donors (Lipinski definition) is 1. The van der Waals surface area contributed by atoms with Crippen LogP contribution < -0.4 is 5.73 Å². The third-order valence-electron chi connectivity index (χ3n) is 1.72. The zero-order valence-corrected chi connectivity index (χ0v) is 8.79. The summed E-state index contributed by atoms with van der Waals surface area (Å²) in [5, 5.41) is 0. The molecule has 0 fully saturated rings. The van der Waals surface area contributed by atoms with Crippen molar-refractivity contribution < 1.29 is 14.3 Å². The fourth-order valence-corrected chi connectivity index (χ4v) is 0.669. The second-order valence-electron chi connectivity index (χ2n) is 4.00. The Kier molecular flexibility index (Phi) is 4.95. The fraction of sp³-hybridized carbons (Fsp3) is 0.889. The third-order valence-corrected chi connectivity index (χ3v) is 1.72. The van der Waals surface area contributed by atoms with E-state index in [2.05, 4.69) is 0 Å². The summed E-state index contributed by atoms with van der Waals surface area (Å²) >= 11 is 0. The molecule has 0 saturated carbocycles. The van der Waals surface area contributed by atoms with Gasteiger partial charge in [-0.15, -0.1) is 0 Å². The van der Waals surface area contributed by atoms with Crippen LogP contribution in [0.4, 0.5) is 0 Å². The van der Waals surface area contributed by atoms with Crippen LogP contribution in [0, 0.1) is 5.41 Å². The second kappa shape index (κ2) is 5.19. The van der Waals surface area contributed by atoms with Gasteiger partial charge in [-0.1, -0.05) is 20.8 Å². The average Bonchev–Trinajstić information content (AvgIpc) is 2.01. The predicted octanol–water partition coefficient (Wildman–Crippen LogP) is 0.549. The number of hydrogen-bond acceptors (Lipinski definition) is 4. The number of rotatable bonds is 4. The lowest BCUT2D eigenvalue weighted by Gasteiger charge is -2.24. The molecule has 4 nitrogen and oxygen atoms in total. The Balaban J connectivity index is 3.84. The Hall–Kier alpha value is -0.610. The number of carbonyl (C=O) groups excluding carboxylic acids is 1. The van der Waals surface area contributed by atoms with E-state index in [1.54, 1.807) is 7.11 Å². The SMILES string of the molecule is COCCOC(=O)C(N)C(C)(C)C. The second-order valence-corrected chi connectivity index (χ2v) is 4.00. The number of ether oxygens (including phenoxy) is 2. The molecule has 13 heavy (non-hydrogen) atoms. The standard InChI is InChI=1S/C9H19NO3/c1-9(2,3)7(10)8(11)13-6-5-12-4/h7H,5-6,10H2,1-4H3. The van der Waals surface area contributed by atoms with Crippen molar-refractivity contribution >= 4 is 5.97 Å². The molecule has 0 aromatic carbocycles. The molecule has 0 bridgehead atoms. The molecule has 0 heterocycles. The predicted molar refractivity (Wildman–Crippen MR) is 50.3 cm³/mol. The van der Waals surface area contributed by atoms with Gasteiger partial charge < -0.3 is 15.2 Å². The van der Waals surface area contributed by atoms with Crippen molar-refractivity contribution in [1.82, 2.24) is 0 Å². The van der Waals surface area contributed by atoms with Crippen molar-refractivity contribution in [3.8, 4) is 0 Å². The van der Waals surface area contributed by atoms with Crippen LogP contribution in [0.5, 0.6) is 0 Å². The summed E-state index contributed by atoms with van der Waals surface area (Å²) in [6, 6.07) is -0.579. The molecule has 2 N–H and O–H groups in total. The summed E-state index contributed by atoms with van der Waals surface area (Å²) in [6.07, 6.45) is 0. The first-order chi connectivity index (χ1) is 5.89. The van der Waals surface area contributed by atoms with Crippen LogP contribution >= 0.6 is 0 Å². The Labute approximate surface area is 79.4 Å². The van der Waals surface area contributed by atoms with Crippen LogP contribution in [0.3, 0.4) is 0 Å². The highest BCUT2D eigenvalue weighted by molar-refractivity contribution is 5.76. The molecule has 0 aliphatic carbocycles. The van der Waals surface area contributed by atoms with Crippen LogP contribution in [0.2, 0.25) is 0 Å². The smallest absolute Gasteiger partial charge is 0.323 e. The summed E-state index contributed by atoms with van der Waals surface area (Å²) in [5.41, 5.74) is 5.40. The van der Waals surface area contributed by atoms with Gasteiger partial charge in [0, 0.05) is 7.11 Å². The highest BCUT2D eigenvalue weighted by Gasteiger charge is 2.28. The molecule has 4 heteroatoms. The highest BCUT2D eigenvalue weighted by Crippen LogP contribution is 2.17. The van der Waals surface area contributed by atoms with Crippen LogP contribution in [-0.4, -0.2) is 32.3 Å². The molecular weight excluding hydrogens is 170 g/mol. The summed E-state index contributed by atoms with van der Waals surface area (Å²) in [7, 11) is 1.55. The van der Waals surface area contributed by atoms with E-state index >= 15 is 0 Å². The molecule has 0 aliphatic heterocycles. The van der Waals surface area contributed by atoms with Crippen LogP contribution in [0.1, 0.15) is 20.8 Å². The first-order valence-electron chi connectivity index (χ1n) is 4.30. The van der Waals surface area contributed by atoms with Gasteiger partial charge in [0.2, 0.25) is 0 Å². The summed E-state index contributed by atoms with van der Waals surface area (Å²) in [4.78, 5) is 11.3. The third kappa shape index (κ3) is 4.85. The van der Waals surface area contributed by atoms with Crippen molar-refractivity contribution in [1.29, 1.82) is 0 Å². The molecule has 0 aliphatic rings. The number of esters is 1. The molecule has 0 amide bonds. The van der Waals surface area contributed by atoms with Gasteiger partial charge in [0.15, 0.2) is 0 Å². The van der Waals surface area contributed by atoms with E-state index in [1.807, 2.05) is 20.8 Å². The number of methoxy groups -OCH3 is 1. The van der Waals surface area contributed by atoms with Crippen molar-refractivity contribution in [3.63, 3.8) is 0 Å². The van der Waals surface area contributed by atoms with Crippen LogP contribution in [0.15, 0.2) is 0 Å². The molecular formula is C9H19NO3. The number of nitrogens with two attached hydrogens (primary N) is 1. The average molecular weight is 189 g/mol. The van der Waals surface area contributed by atoms with E-state index in [0.717, 1.165) is 0 Å². The molecule has 0 aromatic heterocycles. The van der Waals surface area contributed by atoms with E-state index in [1.165, 1.54) is 0 Å². The minimum Gasteiger partial charge on any atom is -0.462 e. The first kappa shape index (κ1) is 12.4. The van der Waals surface area contributed by atoms with Gasteiger partial charge in [-0.05, 0) is 5.41 Å². The zero-order valence-electron chi connectivity index (χ0n) is 8.79. The molecule has 0 spiro atoms. The van der Waals surface area contributed by atoms with E-state index in [0.29, 0.717) is 6.61 Å². The molecule has 1 atom stereocenters. The monoisotopic (exact) mass is 189 g/mol. The van der Waals surface area contributed by atoms with Gasteiger partial charge >= 0.3 is 5.97 Å². The molecule has 0 radical (unpaired) electrons. The Bertz CT molecular complexity index is 163. The van der Waals surface area contributed by atoms with E-state index in [9.17, 15) is 4.79 Å². The van der Waals surface area contributed by atoms with Gasteiger partial charge in [-0.2, -0.15) is 0 Å². The van der Waals surface area contributed by atoms with Gasteiger partial charge in [-0.3, -0.25) is 4.79 Å². The minimum absolute atomic E-state index is 0.260. The molecule has 78 valence electrons. The van der Waals surface area contributed by atoms with Crippen molar-refractivity contribution in [2.75, 3.05) is 20.3 Å². The van der Waals surface area contributed by atoms with Crippen molar-refractivity contribution in [2.45, 2.75) is 26.8 Å². The largest absolute Gasteiger partial charge is 0.462 e. The Morgan fingerprint density at radius 2 is 1.92 bits per heavy atom. The van der Waals surface area contributed by atoms with Gasteiger partial charge in [0.25, 0.3) is 0 Å². The summed E-state index contributed by atoms with van der Waals surface area (Å²) in [6.45, 7) is 6.36. The lowest BCUT2D eigenvalue weighted by molar-refractivity contribution is -0.149. The minimum atomic E-state index is -0.579. The van der Waals surface area contributed by atoms with Gasteiger partial charge in [-0.25, -0.2) is 0 Å². The molecule has 0 saturated heterocycles.